The fraction of sp³-hybridized carbons (Fsp3) is 0.143. The number of hydrogen-bond donors (Lipinski definition) is 1. The molecule has 0 saturated carbocycles. The number of anilines is 1. The molecule has 0 spiro atoms. The van der Waals surface area contributed by atoms with Gasteiger partial charge in [0, 0.05) is 17.1 Å². The minimum atomic E-state index is -2.91. The Bertz CT molecular complexity index is 592. The minimum Gasteiger partial charge on any atom is -0.433 e. The molecule has 0 aliphatic heterocycles. The molecule has 0 aromatic heterocycles. The zero-order valence-corrected chi connectivity index (χ0v) is 11.0. The summed E-state index contributed by atoms with van der Waals surface area (Å²) in [7, 11) is 0. The molecule has 0 unspecified atom stereocenters. The Morgan fingerprint density at radius 3 is 2.60 bits per heavy atom. The van der Waals surface area contributed by atoms with E-state index in [1.807, 2.05) is 0 Å². The van der Waals surface area contributed by atoms with Crippen molar-refractivity contribution in [2.75, 3.05) is 5.32 Å². The molecular formula is C14H11ClF3NO. The summed E-state index contributed by atoms with van der Waals surface area (Å²) < 4.78 is 42.5. The summed E-state index contributed by atoms with van der Waals surface area (Å²) >= 11 is 5.65. The first-order chi connectivity index (χ1) is 9.56. The number of hydrogen-bond acceptors (Lipinski definition) is 2. The zero-order valence-electron chi connectivity index (χ0n) is 10.2. The summed E-state index contributed by atoms with van der Waals surface area (Å²) in [5.74, 6) is -0.450. The van der Waals surface area contributed by atoms with Gasteiger partial charge in [-0.3, -0.25) is 0 Å². The Balaban J connectivity index is 2.10. The lowest BCUT2D eigenvalue weighted by Gasteiger charge is -2.13. The molecule has 0 saturated heterocycles. The van der Waals surface area contributed by atoms with Gasteiger partial charge in [-0.15, -0.1) is 0 Å². The van der Waals surface area contributed by atoms with Gasteiger partial charge in [-0.25, -0.2) is 4.39 Å². The quantitative estimate of drug-likeness (QED) is 0.865. The number of nitrogens with one attached hydrogen (secondary N) is 1. The zero-order chi connectivity index (χ0) is 14.5. The van der Waals surface area contributed by atoms with E-state index in [-0.39, 0.29) is 12.3 Å². The van der Waals surface area contributed by atoms with E-state index >= 15 is 0 Å². The van der Waals surface area contributed by atoms with Crippen molar-refractivity contribution in [2.45, 2.75) is 13.2 Å². The van der Waals surface area contributed by atoms with Crippen molar-refractivity contribution in [3.8, 4) is 5.75 Å². The lowest BCUT2D eigenvalue weighted by atomic mass is 10.2. The van der Waals surface area contributed by atoms with E-state index in [9.17, 15) is 13.2 Å². The highest BCUT2D eigenvalue weighted by Crippen LogP contribution is 2.26. The van der Waals surface area contributed by atoms with Crippen LogP contribution in [-0.4, -0.2) is 6.61 Å². The maximum atomic E-state index is 13.6. The molecule has 0 amide bonds. The topological polar surface area (TPSA) is 21.3 Å². The van der Waals surface area contributed by atoms with Gasteiger partial charge in [0.15, 0.2) is 0 Å². The van der Waals surface area contributed by atoms with Gasteiger partial charge in [0.25, 0.3) is 0 Å². The molecule has 0 bridgehead atoms. The average Bonchev–Trinajstić information content (AvgIpc) is 2.39. The Morgan fingerprint density at radius 1 is 1.15 bits per heavy atom. The third-order valence-electron chi connectivity index (χ3n) is 2.59. The number of alkyl halides is 2. The Hall–Kier alpha value is -1.88. The molecule has 20 heavy (non-hydrogen) atoms. The third-order valence-corrected chi connectivity index (χ3v) is 2.82. The van der Waals surface area contributed by atoms with Gasteiger partial charge in [-0.1, -0.05) is 29.8 Å². The molecule has 0 aliphatic carbocycles. The molecule has 6 heteroatoms. The van der Waals surface area contributed by atoms with E-state index in [1.165, 1.54) is 18.2 Å². The van der Waals surface area contributed by atoms with Crippen LogP contribution in [0, 0.1) is 5.82 Å². The molecule has 2 aromatic rings. The Morgan fingerprint density at radius 2 is 1.90 bits per heavy atom. The average molecular weight is 302 g/mol. The van der Waals surface area contributed by atoms with Crippen molar-refractivity contribution in [1.82, 2.24) is 0 Å². The van der Waals surface area contributed by atoms with Crippen LogP contribution in [0.25, 0.3) is 0 Å². The maximum Gasteiger partial charge on any atom is 0.387 e. The van der Waals surface area contributed by atoms with E-state index < -0.39 is 12.4 Å². The van der Waals surface area contributed by atoms with Crippen LogP contribution < -0.4 is 10.1 Å². The molecule has 2 aromatic carbocycles. The molecule has 0 radical (unpaired) electrons. The lowest BCUT2D eigenvalue weighted by Crippen LogP contribution is -2.07. The first-order valence-electron chi connectivity index (χ1n) is 5.78. The molecule has 2 rings (SSSR count). The predicted octanol–water partition coefficient (Wildman–Crippen LogP) is 4.69. The number of para-hydroxylation sites is 2. The normalized spacial score (nSPS) is 10.7. The molecule has 106 valence electrons. The van der Waals surface area contributed by atoms with E-state index in [1.54, 1.807) is 24.3 Å². The molecule has 0 fully saturated rings. The van der Waals surface area contributed by atoms with Crippen molar-refractivity contribution >= 4 is 17.3 Å². The van der Waals surface area contributed by atoms with Gasteiger partial charge >= 0.3 is 6.61 Å². The first-order valence-corrected chi connectivity index (χ1v) is 6.15. The smallest absolute Gasteiger partial charge is 0.387 e. The number of benzene rings is 2. The van der Waals surface area contributed by atoms with Crippen molar-refractivity contribution in [2.24, 2.45) is 0 Å². The van der Waals surface area contributed by atoms with Crippen LogP contribution >= 0.6 is 11.6 Å². The van der Waals surface area contributed by atoms with Crippen LogP contribution in [-0.2, 0) is 6.54 Å². The first kappa shape index (κ1) is 14.5. The van der Waals surface area contributed by atoms with Crippen LogP contribution in [0.2, 0.25) is 5.02 Å². The summed E-state index contributed by atoms with van der Waals surface area (Å²) in [5.41, 5.74) is 0.739. The molecular weight excluding hydrogens is 291 g/mol. The van der Waals surface area contributed by atoms with Gasteiger partial charge in [0.05, 0.1) is 5.69 Å². The van der Waals surface area contributed by atoms with Crippen LogP contribution in [0.4, 0.5) is 18.9 Å². The van der Waals surface area contributed by atoms with Crippen LogP contribution in [0.1, 0.15) is 5.56 Å². The van der Waals surface area contributed by atoms with Crippen molar-refractivity contribution < 1.29 is 17.9 Å². The summed E-state index contributed by atoms with van der Waals surface area (Å²) in [4.78, 5) is 0. The molecule has 0 aliphatic rings. The highest BCUT2D eigenvalue weighted by atomic mass is 35.5. The fourth-order valence-electron chi connectivity index (χ4n) is 1.67. The number of ether oxygens (including phenoxy) is 1. The molecule has 0 atom stereocenters. The number of halogens is 4. The molecule has 1 N–H and O–H groups in total. The summed E-state index contributed by atoms with van der Waals surface area (Å²) in [6, 6.07) is 10.5. The maximum absolute atomic E-state index is 13.6. The number of rotatable bonds is 5. The third kappa shape index (κ3) is 3.81. The van der Waals surface area contributed by atoms with Gasteiger partial charge in [-0.2, -0.15) is 8.78 Å². The second kappa shape index (κ2) is 6.52. The lowest BCUT2D eigenvalue weighted by molar-refractivity contribution is -0.0493. The Kier molecular flexibility index (Phi) is 4.74. The van der Waals surface area contributed by atoms with Crippen LogP contribution in [0.3, 0.4) is 0 Å². The summed E-state index contributed by atoms with van der Waals surface area (Å²) in [5, 5.41) is 3.15. The van der Waals surface area contributed by atoms with Crippen molar-refractivity contribution in [3.63, 3.8) is 0 Å². The standard InChI is InChI=1S/C14H11ClF3NO/c15-10-6-5-9(11(16)7-10)8-19-12-3-1-2-4-13(12)20-14(17)18/h1-7,14,19H,8H2. The van der Waals surface area contributed by atoms with E-state index in [0.717, 1.165) is 0 Å². The van der Waals surface area contributed by atoms with Crippen molar-refractivity contribution in [3.05, 3.63) is 58.9 Å². The second-order valence-electron chi connectivity index (χ2n) is 3.96. The van der Waals surface area contributed by atoms with Crippen LogP contribution in [0.5, 0.6) is 5.75 Å². The molecule has 0 heterocycles. The monoisotopic (exact) mass is 301 g/mol. The summed E-state index contributed by atoms with van der Waals surface area (Å²) in [6.07, 6.45) is 0. The van der Waals surface area contributed by atoms with E-state index in [4.69, 9.17) is 11.6 Å². The highest BCUT2D eigenvalue weighted by molar-refractivity contribution is 6.30. The van der Waals surface area contributed by atoms with Gasteiger partial charge < -0.3 is 10.1 Å². The van der Waals surface area contributed by atoms with Gasteiger partial charge in [0.2, 0.25) is 0 Å². The fourth-order valence-corrected chi connectivity index (χ4v) is 1.83. The SMILES string of the molecule is Fc1cc(Cl)ccc1CNc1ccccc1OC(F)F. The van der Waals surface area contributed by atoms with E-state index in [0.29, 0.717) is 16.3 Å². The van der Waals surface area contributed by atoms with Crippen LogP contribution in [0.15, 0.2) is 42.5 Å². The molecule has 2 nitrogen and oxygen atoms in total. The Labute approximate surface area is 119 Å². The second-order valence-corrected chi connectivity index (χ2v) is 4.40. The van der Waals surface area contributed by atoms with E-state index in [2.05, 4.69) is 10.1 Å². The van der Waals surface area contributed by atoms with Gasteiger partial charge in [-0.05, 0) is 24.3 Å². The summed E-state index contributed by atoms with van der Waals surface area (Å²) in [6.45, 7) is -2.78. The van der Waals surface area contributed by atoms with Crippen molar-refractivity contribution in [1.29, 1.82) is 0 Å². The largest absolute Gasteiger partial charge is 0.433 e. The predicted molar refractivity (Wildman–Crippen MR) is 71.8 cm³/mol. The minimum absolute atomic E-state index is 0.0110. The van der Waals surface area contributed by atoms with Gasteiger partial charge in [0.1, 0.15) is 11.6 Å². The highest BCUT2D eigenvalue weighted by Gasteiger charge is 2.09.